The summed E-state index contributed by atoms with van der Waals surface area (Å²) in [5.41, 5.74) is 0. The van der Waals surface area contributed by atoms with Crippen molar-refractivity contribution in [3.05, 3.63) is 0 Å². The van der Waals surface area contributed by atoms with E-state index >= 15 is 0 Å². The molecule has 20 heavy (non-hydrogen) atoms. The SMILES string of the molecule is O=C(CCC1CCCCN1)NCCCN1CCOCC1. The van der Waals surface area contributed by atoms with Crippen molar-refractivity contribution in [1.82, 2.24) is 15.5 Å². The molecule has 1 unspecified atom stereocenters. The molecule has 0 aliphatic carbocycles. The van der Waals surface area contributed by atoms with Gasteiger partial charge in [-0.05, 0) is 38.8 Å². The van der Waals surface area contributed by atoms with Crippen LogP contribution < -0.4 is 10.6 Å². The van der Waals surface area contributed by atoms with Crippen LogP contribution in [0.2, 0.25) is 0 Å². The van der Waals surface area contributed by atoms with Crippen molar-refractivity contribution in [3.63, 3.8) is 0 Å². The molecule has 1 amide bonds. The van der Waals surface area contributed by atoms with Gasteiger partial charge in [-0.2, -0.15) is 0 Å². The molecule has 2 rings (SSSR count). The lowest BCUT2D eigenvalue weighted by Crippen LogP contribution is -2.38. The molecule has 0 aromatic carbocycles. The van der Waals surface area contributed by atoms with Crippen LogP contribution in [0, 0.1) is 0 Å². The Kier molecular flexibility index (Phi) is 7.33. The Bertz CT molecular complexity index is 274. The maximum Gasteiger partial charge on any atom is 0.220 e. The van der Waals surface area contributed by atoms with E-state index in [0.717, 1.165) is 58.8 Å². The zero-order valence-corrected chi connectivity index (χ0v) is 12.5. The lowest BCUT2D eigenvalue weighted by Gasteiger charge is -2.26. The highest BCUT2D eigenvalue weighted by Gasteiger charge is 2.14. The van der Waals surface area contributed by atoms with Crippen LogP contribution in [0.3, 0.4) is 0 Å². The van der Waals surface area contributed by atoms with Crippen LogP contribution in [0.25, 0.3) is 0 Å². The van der Waals surface area contributed by atoms with E-state index in [1.54, 1.807) is 0 Å². The van der Waals surface area contributed by atoms with Crippen LogP contribution in [0.4, 0.5) is 0 Å². The number of carbonyl (C=O) groups is 1. The van der Waals surface area contributed by atoms with E-state index in [1.165, 1.54) is 19.3 Å². The molecular weight excluding hydrogens is 254 g/mol. The monoisotopic (exact) mass is 283 g/mol. The number of hydrogen-bond acceptors (Lipinski definition) is 4. The van der Waals surface area contributed by atoms with Gasteiger partial charge in [0.2, 0.25) is 5.91 Å². The number of hydrogen-bond donors (Lipinski definition) is 2. The zero-order chi connectivity index (χ0) is 14.0. The van der Waals surface area contributed by atoms with E-state index in [-0.39, 0.29) is 5.91 Å². The maximum absolute atomic E-state index is 11.8. The molecule has 2 aliphatic heterocycles. The number of ether oxygens (including phenoxy) is 1. The second kappa shape index (κ2) is 9.32. The molecule has 2 aliphatic rings. The van der Waals surface area contributed by atoms with Gasteiger partial charge in [-0.15, -0.1) is 0 Å². The summed E-state index contributed by atoms with van der Waals surface area (Å²) in [6, 6.07) is 0.558. The molecule has 2 saturated heterocycles. The predicted molar refractivity (Wildman–Crippen MR) is 79.8 cm³/mol. The summed E-state index contributed by atoms with van der Waals surface area (Å²) in [6.07, 6.45) is 6.49. The van der Waals surface area contributed by atoms with Crippen molar-refractivity contribution in [3.8, 4) is 0 Å². The molecule has 2 N–H and O–H groups in total. The summed E-state index contributed by atoms with van der Waals surface area (Å²) in [6.45, 7) is 6.73. The van der Waals surface area contributed by atoms with Gasteiger partial charge in [-0.25, -0.2) is 0 Å². The normalized spacial score (nSPS) is 24.5. The Morgan fingerprint density at radius 1 is 1.30 bits per heavy atom. The van der Waals surface area contributed by atoms with Crippen LogP contribution in [0.5, 0.6) is 0 Å². The summed E-state index contributed by atoms with van der Waals surface area (Å²) in [7, 11) is 0. The van der Waals surface area contributed by atoms with Crippen molar-refractivity contribution in [1.29, 1.82) is 0 Å². The largest absolute Gasteiger partial charge is 0.379 e. The molecular formula is C15H29N3O2. The third kappa shape index (κ3) is 6.20. The van der Waals surface area contributed by atoms with E-state index in [2.05, 4.69) is 15.5 Å². The highest BCUT2D eigenvalue weighted by atomic mass is 16.5. The van der Waals surface area contributed by atoms with Gasteiger partial charge in [0.25, 0.3) is 0 Å². The molecule has 5 nitrogen and oxygen atoms in total. The first-order chi connectivity index (χ1) is 9.84. The summed E-state index contributed by atoms with van der Waals surface area (Å²) < 4.78 is 5.32. The van der Waals surface area contributed by atoms with Crippen LogP contribution in [0.1, 0.15) is 38.5 Å². The predicted octanol–water partition coefficient (Wildman–Crippen LogP) is 0.747. The Hall–Kier alpha value is -0.650. The third-order valence-corrected chi connectivity index (χ3v) is 4.21. The van der Waals surface area contributed by atoms with Gasteiger partial charge in [-0.1, -0.05) is 6.42 Å². The first-order valence-electron chi connectivity index (χ1n) is 8.15. The molecule has 1 atom stereocenters. The number of nitrogens with zero attached hydrogens (tertiary/aromatic N) is 1. The quantitative estimate of drug-likeness (QED) is 0.677. The highest BCUT2D eigenvalue weighted by Crippen LogP contribution is 2.11. The second-order valence-corrected chi connectivity index (χ2v) is 5.84. The number of rotatable bonds is 7. The maximum atomic E-state index is 11.8. The van der Waals surface area contributed by atoms with Gasteiger partial charge in [0, 0.05) is 32.1 Å². The zero-order valence-electron chi connectivity index (χ0n) is 12.5. The van der Waals surface area contributed by atoms with Crippen molar-refractivity contribution in [2.45, 2.75) is 44.6 Å². The van der Waals surface area contributed by atoms with E-state index < -0.39 is 0 Å². The van der Waals surface area contributed by atoms with Gasteiger partial charge in [0.15, 0.2) is 0 Å². The molecule has 2 heterocycles. The average molecular weight is 283 g/mol. The van der Waals surface area contributed by atoms with Gasteiger partial charge >= 0.3 is 0 Å². The van der Waals surface area contributed by atoms with Crippen LogP contribution in [-0.4, -0.2) is 62.8 Å². The fourth-order valence-electron chi connectivity index (χ4n) is 2.92. The van der Waals surface area contributed by atoms with Crippen molar-refractivity contribution in [2.75, 3.05) is 45.9 Å². The summed E-state index contributed by atoms with van der Waals surface area (Å²) >= 11 is 0. The number of piperidine rings is 1. The minimum Gasteiger partial charge on any atom is -0.379 e. The molecule has 0 radical (unpaired) electrons. The molecule has 0 bridgehead atoms. The van der Waals surface area contributed by atoms with Gasteiger partial charge in [-0.3, -0.25) is 9.69 Å². The molecule has 2 fully saturated rings. The number of carbonyl (C=O) groups excluding carboxylic acids is 1. The van der Waals surface area contributed by atoms with E-state index in [0.29, 0.717) is 12.5 Å². The second-order valence-electron chi connectivity index (χ2n) is 5.84. The Morgan fingerprint density at radius 3 is 2.90 bits per heavy atom. The fraction of sp³-hybridized carbons (Fsp3) is 0.933. The molecule has 0 spiro atoms. The summed E-state index contributed by atoms with van der Waals surface area (Å²) in [4.78, 5) is 14.2. The number of nitrogens with one attached hydrogen (secondary N) is 2. The molecule has 0 saturated carbocycles. The Balaban J connectivity index is 1.45. The number of morpholine rings is 1. The fourth-order valence-corrected chi connectivity index (χ4v) is 2.92. The van der Waals surface area contributed by atoms with Crippen LogP contribution in [0.15, 0.2) is 0 Å². The lowest BCUT2D eigenvalue weighted by atomic mass is 10.0. The molecule has 5 heteroatoms. The molecule has 0 aromatic heterocycles. The minimum atomic E-state index is 0.208. The summed E-state index contributed by atoms with van der Waals surface area (Å²) in [5, 5.41) is 6.52. The third-order valence-electron chi connectivity index (χ3n) is 4.21. The van der Waals surface area contributed by atoms with Crippen LogP contribution >= 0.6 is 0 Å². The standard InChI is InChI=1S/C15H29N3O2/c19-15(6-5-14-4-1-2-7-16-14)17-8-3-9-18-10-12-20-13-11-18/h14,16H,1-13H2,(H,17,19). The Morgan fingerprint density at radius 2 is 2.15 bits per heavy atom. The lowest BCUT2D eigenvalue weighted by molar-refractivity contribution is -0.121. The van der Waals surface area contributed by atoms with E-state index in [1.807, 2.05) is 0 Å². The summed E-state index contributed by atoms with van der Waals surface area (Å²) in [5.74, 6) is 0.208. The first kappa shape index (κ1) is 15.7. The highest BCUT2D eigenvalue weighted by molar-refractivity contribution is 5.75. The van der Waals surface area contributed by atoms with Crippen molar-refractivity contribution >= 4 is 5.91 Å². The van der Waals surface area contributed by atoms with Gasteiger partial charge in [0.05, 0.1) is 13.2 Å². The van der Waals surface area contributed by atoms with Gasteiger partial charge < -0.3 is 15.4 Å². The first-order valence-corrected chi connectivity index (χ1v) is 8.15. The topological polar surface area (TPSA) is 53.6 Å². The minimum absolute atomic E-state index is 0.208. The van der Waals surface area contributed by atoms with E-state index in [4.69, 9.17) is 4.74 Å². The average Bonchev–Trinajstić information content (AvgIpc) is 2.52. The number of amides is 1. The smallest absolute Gasteiger partial charge is 0.220 e. The molecule has 0 aromatic rings. The van der Waals surface area contributed by atoms with Gasteiger partial charge in [0.1, 0.15) is 0 Å². The van der Waals surface area contributed by atoms with E-state index in [9.17, 15) is 4.79 Å². The molecule has 116 valence electrons. The Labute approximate surface area is 122 Å². The van der Waals surface area contributed by atoms with Crippen LogP contribution in [-0.2, 0) is 9.53 Å². The van der Waals surface area contributed by atoms with Crippen molar-refractivity contribution < 1.29 is 9.53 Å². The van der Waals surface area contributed by atoms with Crippen molar-refractivity contribution in [2.24, 2.45) is 0 Å².